The van der Waals surface area contributed by atoms with E-state index in [0.29, 0.717) is 12.1 Å². The lowest BCUT2D eigenvalue weighted by Gasteiger charge is -2.37. The monoisotopic (exact) mass is 325 g/mol. The molecule has 0 aromatic heterocycles. The minimum absolute atomic E-state index is 0.477. The molecule has 0 spiro atoms. The van der Waals surface area contributed by atoms with Crippen molar-refractivity contribution in [1.82, 2.24) is 5.32 Å². The van der Waals surface area contributed by atoms with Crippen molar-refractivity contribution in [3.63, 3.8) is 0 Å². The molecule has 1 aromatic rings. The summed E-state index contributed by atoms with van der Waals surface area (Å²) in [6, 6.07) is 9.17. The van der Waals surface area contributed by atoms with Crippen molar-refractivity contribution in [1.29, 1.82) is 0 Å². The van der Waals surface area contributed by atoms with Crippen LogP contribution in [-0.2, 0) is 4.74 Å². The smallest absolute Gasteiger partial charge is 0.0580 e. The zero-order valence-electron chi connectivity index (χ0n) is 11.9. The number of benzene rings is 1. The summed E-state index contributed by atoms with van der Waals surface area (Å²) >= 11 is 3.50. The van der Waals surface area contributed by atoms with Crippen LogP contribution in [-0.4, -0.2) is 19.3 Å². The average molecular weight is 326 g/mol. The molecule has 3 heteroatoms. The number of ether oxygens (including phenoxy) is 1. The molecule has 0 bridgehead atoms. The van der Waals surface area contributed by atoms with Gasteiger partial charge >= 0.3 is 0 Å². The zero-order valence-corrected chi connectivity index (χ0v) is 13.4. The Morgan fingerprint density at radius 1 is 1.26 bits per heavy atom. The number of hydrogen-bond donors (Lipinski definition) is 1. The molecule has 1 saturated carbocycles. The molecule has 1 aliphatic rings. The lowest BCUT2D eigenvalue weighted by molar-refractivity contribution is -0.0291. The van der Waals surface area contributed by atoms with Gasteiger partial charge in [0, 0.05) is 17.1 Å². The van der Waals surface area contributed by atoms with Gasteiger partial charge in [-0.3, -0.25) is 0 Å². The molecule has 1 fully saturated rings. The minimum Gasteiger partial charge on any atom is -0.378 e. The lowest BCUT2D eigenvalue weighted by Crippen LogP contribution is -2.34. The molecule has 2 rings (SSSR count). The zero-order chi connectivity index (χ0) is 13.7. The SMILES string of the molecule is CCNC(CC1CC(OCC)C1)c1ccc(Br)cc1. The van der Waals surface area contributed by atoms with Crippen LogP contribution in [0.25, 0.3) is 0 Å². The lowest BCUT2D eigenvalue weighted by atomic mass is 9.77. The van der Waals surface area contributed by atoms with Crippen LogP contribution < -0.4 is 5.32 Å². The largest absolute Gasteiger partial charge is 0.378 e. The molecule has 106 valence electrons. The Labute approximate surface area is 125 Å². The van der Waals surface area contributed by atoms with Crippen LogP contribution in [0, 0.1) is 5.92 Å². The normalized spacial score (nSPS) is 23.9. The Morgan fingerprint density at radius 2 is 1.95 bits per heavy atom. The van der Waals surface area contributed by atoms with Gasteiger partial charge in [0.1, 0.15) is 0 Å². The van der Waals surface area contributed by atoms with Crippen molar-refractivity contribution in [2.45, 2.75) is 45.3 Å². The van der Waals surface area contributed by atoms with Gasteiger partial charge in [-0.1, -0.05) is 35.0 Å². The predicted octanol–water partition coefficient (Wildman–Crippen LogP) is 4.30. The van der Waals surface area contributed by atoms with Crippen molar-refractivity contribution < 1.29 is 4.74 Å². The van der Waals surface area contributed by atoms with Gasteiger partial charge in [0.15, 0.2) is 0 Å². The van der Waals surface area contributed by atoms with Crippen LogP contribution in [0.5, 0.6) is 0 Å². The third-order valence-electron chi connectivity index (χ3n) is 3.89. The third kappa shape index (κ3) is 4.30. The molecule has 1 unspecified atom stereocenters. The van der Waals surface area contributed by atoms with E-state index in [1.807, 2.05) is 0 Å². The van der Waals surface area contributed by atoms with Crippen LogP contribution in [0.1, 0.15) is 44.7 Å². The molecule has 1 N–H and O–H groups in total. The summed E-state index contributed by atoms with van der Waals surface area (Å²) in [5.74, 6) is 0.809. The third-order valence-corrected chi connectivity index (χ3v) is 4.42. The fourth-order valence-corrected chi connectivity index (χ4v) is 3.12. The number of nitrogens with one attached hydrogen (secondary N) is 1. The molecule has 0 radical (unpaired) electrons. The first kappa shape index (κ1) is 15.0. The van der Waals surface area contributed by atoms with Crippen LogP contribution in [0.3, 0.4) is 0 Å². The molecule has 0 aliphatic heterocycles. The molecule has 1 aromatic carbocycles. The number of hydrogen-bond acceptors (Lipinski definition) is 2. The molecule has 2 nitrogen and oxygen atoms in total. The summed E-state index contributed by atoms with van der Waals surface area (Å²) in [7, 11) is 0. The van der Waals surface area contributed by atoms with Gasteiger partial charge in [0.05, 0.1) is 6.10 Å². The summed E-state index contributed by atoms with van der Waals surface area (Å²) < 4.78 is 6.79. The average Bonchev–Trinajstić information content (AvgIpc) is 2.36. The first-order valence-corrected chi connectivity index (χ1v) is 8.12. The van der Waals surface area contributed by atoms with Crippen molar-refractivity contribution in [3.05, 3.63) is 34.3 Å². The summed E-state index contributed by atoms with van der Waals surface area (Å²) in [5.41, 5.74) is 1.39. The second kappa shape index (κ2) is 7.41. The van der Waals surface area contributed by atoms with Crippen molar-refractivity contribution >= 4 is 15.9 Å². The highest BCUT2D eigenvalue weighted by molar-refractivity contribution is 9.10. The minimum atomic E-state index is 0.477. The van der Waals surface area contributed by atoms with Gasteiger partial charge in [-0.25, -0.2) is 0 Å². The van der Waals surface area contributed by atoms with Crippen LogP contribution in [0.15, 0.2) is 28.7 Å². The van der Waals surface area contributed by atoms with E-state index in [2.05, 4.69) is 59.4 Å². The van der Waals surface area contributed by atoms with E-state index in [1.165, 1.54) is 24.8 Å². The molecule has 1 aliphatic carbocycles. The summed E-state index contributed by atoms with van der Waals surface area (Å²) in [5, 5.41) is 3.61. The molecular weight excluding hydrogens is 302 g/mol. The molecule has 0 heterocycles. The quantitative estimate of drug-likeness (QED) is 0.806. The summed E-state index contributed by atoms with van der Waals surface area (Å²) in [6.07, 6.45) is 4.19. The highest BCUT2D eigenvalue weighted by Crippen LogP contribution is 2.37. The summed E-state index contributed by atoms with van der Waals surface area (Å²) in [6.45, 7) is 6.12. The Bertz CT molecular complexity index is 373. The van der Waals surface area contributed by atoms with E-state index >= 15 is 0 Å². The Balaban J connectivity index is 1.88. The standard InChI is InChI=1S/C16H24BrNO/c1-3-18-16(13-5-7-14(17)8-6-13)11-12-9-15(10-12)19-4-2/h5-8,12,15-16,18H,3-4,9-11H2,1-2H3. The highest BCUT2D eigenvalue weighted by atomic mass is 79.9. The molecular formula is C16H24BrNO. The van der Waals surface area contributed by atoms with E-state index in [9.17, 15) is 0 Å². The maximum atomic E-state index is 5.64. The van der Waals surface area contributed by atoms with Crippen molar-refractivity contribution in [2.75, 3.05) is 13.2 Å². The van der Waals surface area contributed by atoms with Crippen LogP contribution >= 0.6 is 15.9 Å². The van der Waals surface area contributed by atoms with Gasteiger partial charge in [-0.05, 0) is 56.3 Å². The number of rotatable bonds is 7. The molecule has 1 atom stereocenters. The van der Waals surface area contributed by atoms with E-state index in [-0.39, 0.29) is 0 Å². The summed E-state index contributed by atoms with van der Waals surface area (Å²) in [4.78, 5) is 0. The fourth-order valence-electron chi connectivity index (χ4n) is 2.85. The number of halogens is 1. The first-order valence-electron chi connectivity index (χ1n) is 7.33. The van der Waals surface area contributed by atoms with Gasteiger partial charge in [0.25, 0.3) is 0 Å². The van der Waals surface area contributed by atoms with Gasteiger partial charge in [0.2, 0.25) is 0 Å². The Hall–Kier alpha value is -0.380. The van der Waals surface area contributed by atoms with Crippen molar-refractivity contribution in [2.24, 2.45) is 5.92 Å². The fraction of sp³-hybridized carbons (Fsp3) is 0.625. The highest BCUT2D eigenvalue weighted by Gasteiger charge is 2.31. The first-order chi connectivity index (χ1) is 9.22. The van der Waals surface area contributed by atoms with Crippen LogP contribution in [0.4, 0.5) is 0 Å². The molecule has 0 saturated heterocycles. The Morgan fingerprint density at radius 3 is 2.53 bits per heavy atom. The van der Waals surface area contributed by atoms with E-state index in [1.54, 1.807) is 0 Å². The van der Waals surface area contributed by atoms with Gasteiger partial charge in [-0.2, -0.15) is 0 Å². The van der Waals surface area contributed by atoms with Crippen LogP contribution in [0.2, 0.25) is 0 Å². The second-order valence-corrected chi connectivity index (χ2v) is 6.23. The maximum absolute atomic E-state index is 5.64. The van der Waals surface area contributed by atoms with E-state index in [0.717, 1.165) is 23.5 Å². The van der Waals surface area contributed by atoms with E-state index in [4.69, 9.17) is 4.74 Å². The Kier molecular flexibility index (Phi) is 5.86. The van der Waals surface area contributed by atoms with E-state index < -0.39 is 0 Å². The molecule has 0 amide bonds. The topological polar surface area (TPSA) is 21.3 Å². The van der Waals surface area contributed by atoms with Gasteiger partial charge < -0.3 is 10.1 Å². The van der Waals surface area contributed by atoms with Gasteiger partial charge in [-0.15, -0.1) is 0 Å². The van der Waals surface area contributed by atoms with Crippen molar-refractivity contribution in [3.8, 4) is 0 Å². The second-order valence-electron chi connectivity index (χ2n) is 5.31. The predicted molar refractivity (Wildman–Crippen MR) is 83.3 cm³/mol. The molecule has 19 heavy (non-hydrogen) atoms. The maximum Gasteiger partial charge on any atom is 0.0580 e.